The number of hydrogen-bond acceptors (Lipinski definition) is 2. The lowest BCUT2D eigenvalue weighted by molar-refractivity contribution is -0.119. The molecule has 0 radical (unpaired) electrons. The highest BCUT2D eigenvalue weighted by atomic mass is 35.5. The highest BCUT2D eigenvalue weighted by molar-refractivity contribution is 6.29. The van der Waals surface area contributed by atoms with E-state index in [1.807, 2.05) is 0 Å². The van der Waals surface area contributed by atoms with E-state index in [0.29, 0.717) is 0 Å². The molecule has 0 aliphatic rings. The van der Waals surface area contributed by atoms with Gasteiger partial charge in [-0.25, -0.2) is 4.98 Å². The quantitative estimate of drug-likeness (QED) is 0.752. The lowest BCUT2D eigenvalue weighted by Gasteiger charge is -2.23. The van der Waals surface area contributed by atoms with Crippen molar-refractivity contribution in [3.63, 3.8) is 0 Å². The van der Waals surface area contributed by atoms with Crippen molar-refractivity contribution in [3.05, 3.63) is 23.4 Å². The Labute approximate surface area is 90.7 Å². The third-order valence-electron chi connectivity index (χ3n) is 1.78. The SMILES string of the molecule is CCN(CC(F)(F)F)c1cccc(Cl)n1. The molecule has 0 unspecified atom stereocenters. The minimum Gasteiger partial charge on any atom is -0.348 e. The fraction of sp³-hybridized carbons (Fsp3) is 0.444. The second kappa shape index (κ2) is 4.70. The van der Waals surface area contributed by atoms with Gasteiger partial charge >= 0.3 is 6.18 Å². The maximum Gasteiger partial charge on any atom is 0.405 e. The van der Waals surface area contributed by atoms with Gasteiger partial charge in [-0.1, -0.05) is 17.7 Å². The fourth-order valence-electron chi connectivity index (χ4n) is 1.14. The summed E-state index contributed by atoms with van der Waals surface area (Å²) in [7, 11) is 0. The molecule has 15 heavy (non-hydrogen) atoms. The predicted molar refractivity (Wildman–Crippen MR) is 53.2 cm³/mol. The minimum atomic E-state index is -4.24. The smallest absolute Gasteiger partial charge is 0.348 e. The highest BCUT2D eigenvalue weighted by Crippen LogP contribution is 2.21. The van der Waals surface area contributed by atoms with Gasteiger partial charge in [-0.15, -0.1) is 0 Å². The van der Waals surface area contributed by atoms with Crippen LogP contribution in [0.4, 0.5) is 19.0 Å². The first kappa shape index (κ1) is 12.1. The molecule has 0 bridgehead atoms. The number of pyridine rings is 1. The minimum absolute atomic E-state index is 0.188. The first-order valence-corrected chi connectivity index (χ1v) is 4.74. The van der Waals surface area contributed by atoms with Crippen molar-refractivity contribution in [2.24, 2.45) is 0 Å². The van der Waals surface area contributed by atoms with Crippen LogP contribution in [0.3, 0.4) is 0 Å². The van der Waals surface area contributed by atoms with Crippen LogP contribution in [0, 0.1) is 0 Å². The first-order valence-electron chi connectivity index (χ1n) is 4.36. The molecule has 0 saturated heterocycles. The molecule has 0 aliphatic carbocycles. The monoisotopic (exact) mass is 238 g/mol. The van der Waals surface area contributed by atoms with E-state index in [0.717, 1.165) is 4.90 Å². The van der Waals surface area contributed by atoms with Gasteiger partial charge in [0.2, 0.25) is 0 Å². The highest BCUT2D eigenvalue weighted by Gasteiger charge is 2.30. The molecular weight excluding hydrogens is 229 g/mol. The van der Waals surface area contributed by atoms with E-state index < -0.39 is 12.7 Å². The Kier molecular flexibility index (Phi) is 3.79. The Balaban J connectivity index is 2.83. The molecule has 1 rings (SSSR count). The van der Waals surface area contributed by atoms with Gasteiger partial charge in [-0.05, 0) is 19.1 Å². The summed E-state index contributed by atoms with van der Waals surface area (Å²) >= 11 is 5.60. The van der Waals surface area contributed by atoms with Crippen LogP contribution in [0.2, 0.25) is 5.15 Å². The first-order chi connectivity index (χ1) is 6.92. The zero-order chi connectivity index (χ0) is 11.5. The summed E-state index contributed by atoms with van der Waals surface area (Å²) in [5, 5.41) is 0.188. The van der Waals surface area contributed by atoms with Crippen molar-refractivity contribution in [2.75, 3.05) is 18.0 Å². The fourth-order valence-corrected chi connectivity index (χ4v) is 1.30. The second-order valence-corrected chi connectivity index (χ2v) is 3.34. The van der Waals surface area contributed by atoms with E-state index in [1.165, 1.54) is 12.1 Å². The molecule has 1 heterocycles. The van der Waals surface area contributed by atoms with Gasteiger partial charge in [0.15, 0.2) is 0 Å². The Hall–Kier alpha value is -0.970. The number of hydrogen-bond donors (Lipinski definition) is 0. The number of halogens is 4. The second-order valence-electron chi connectivity index (χ2n) is 2.95. The van der Waals surface area contributed by atoms with Crippen LogP contribution >= 0.6 is 11.6 Å². The van der Waals surface area contributed by atoms with Crippen LogP contribution in [0.1, 0.15) is 6.92 Å². The van der Waals surface area contributed by atoms with Crippen LogP contribution in [-0.4, -0.2) is 24.2 Å². The lowest BCUT2D eigenvalue weighted by Crippen LogP contribution is -2.34. The van der Waals surface area contributed by atoms with Crippen LogP contribution in [-0.2, 0) is 0 Å². The predicted octanol–water partition coefficient (Wildman–Crippen LogP) is 3.12. The third kappa shape index (κ3) is 3.95. The van der Waals surface area contributed by atoms with E-state index in [9.17, 15) is 13.2 Å². The van der Waals surface area contributed by atoms with Gasteiger partial charge in [0.1, 0.15) is 17.5 Å². The Morgan fingerprint density at radius 1 is 1.40 bits per heavy atom. The molecule has 84 valence electrons. The van der Waals surface area contributed by atoms with E-state index in [1.54, 1.807) is 13.0 Å². The van der Waals surface area contributed by atoms with Crippen molar-refractivity contribution in [3.8, 4) is 0 Å². The van der Waals surface area contributed by atoms with Crippen LogP contribution in [0.15, 0.2) is 18.2 Å². The van der Waals surface area contributed by atoms with E-state index >= 15 is 0 Å². The van der Waals surface area contributed by atoms with Crippen LogP contribution in [0.25, 0.3) is 0 Å². The van der Waals surface area contributed by atoms with Crippen LogP contribution in [0.5, 0.6) is 0 Å². The molecule has 0 amide bonds. The molecule has 1 aromatic rings. The normalized spacial score (nSPS) is 11.5. The molecule has 0 N–H and O–H groups in total. The van der Waals surface area contributed by atoms with E-state index in [-0.39, 0.29) is 17.5 Å². The summed E-state index contributed by atoms with van der Waals surface area (Å²) in [6.07, 6.45) is -4.24. The summed E-state index contributed by atoms with van der Waals surface area (Å²) in [5.74, 6) is 0.238. The topological polar surface area (TPSA) is 16.1 Å². The molecule has 0 aliphatic heterocycles. The Morgan fingerprint density at radius 2 is 2.07 bits per heavy atom. The molecule has 0 atom stereocenters. The molecule has 0 fully saturated rings. The van der Waals surface area contributed by atoms with Gasteiger partial charge in [-0.2, -0.15) is 13.2 Å². The van der Waals surface area contributed by atoms with Crippen molar-refractivity contribution >= 4 is 17.4 Å². The third-order valence-corrected chi connectivity index (χ3v) is 1.99. The maximum absolute atomic E-state index is 12.2. The maximum atomic E-state index is 12.2. The van der Waals surface area contributed by atoms with Crippen molar-refractivity contribution in [1.29, 1.82) is 0 Å². The average Bonchev–Trinajstić information content (AvgIpc) is 2.13. The number of rotatable bonds is 3. The molecular formula is C9H10ClF3N2. The Morgan fingerprint density at radius 3 is 2.53 bits per heavy atom. The van der Waals surface area contributed by atoms with Crippen molar-refractivity contribution < 1.29 is 13.2 Å². The average molecular weight is 239 g/mol. The summed E-state index contributed by atoms with van der Waals surface area (Å²) in [5.41, 5.74) is 0. The van der Waals surface area contributed by atoms with Crippen molar-refractivity contribution in [1.82, 2.24) is 4.98 Å². The largest absolute Gasteiger partial charge is 0.405 e. The summed E-state index contributed by atoms with van der Waals surface area (Å²) in [4.78, 5) is 4.94. The van der Waals surface area contributed by atoms with Gasteiger partial charge in [-0.3, -0.25) is 0 Å². The molecule has 1 aromatic heterocycles. The summed E-state index contributed by atoms with van der Waals surface area (Å²) < 4.78 is 36.5. The zero-order valence-electron chi connectivity index (χ0n) is 8.05. The number of nitrogens with zero attached hydrogens (tertiary/aromatic N) is 2. The zero-order valence-corrected chi connectivity index (χ0v) is 8.81. The number of alkyl halides is 3. The summed E-state index contributed by atoms with van der Waals surface area (Å²) in [6, 6.07) is 4.59. The molecule has 6 heteroatoms. The number of aromatic nitrogens is 1. The van der Waals surface area contributed by atoms with Gasteiger partial charge in [0.05, 0.1) is 0 Å². The van der Waals surface area contributed by atoms with E-state index in [4.69, 9.17) is 11.6 Å². The molecule has 0 aromatic carbocycles. The van der Waals surface area contributed by atoms with E-state index in [2.05, 4.69) is 4.98 Å². The van der Waals surface area contributed by atoms with Crippen molar-refractivity contribution in [2.45, 2.75) is 13.1 Å². The standard InChI is InChI=1S/C9H10ClF3N2/c1-2-15(6-9(11,12)13)8-5-3-4-7(10)14-8/h3-5H,2,6H2,1H3. The molecule has 2 nitrogen and oxygen atoms in total. The van der Waals surface area contributed by atoms with Gasteiger partial charge < -0.3 is 4.90 Å². The van der Waals surface area contributed by atoms with Crippen LogP contribution < -0.4 is 4.90 Å². The van der Waals surface area contributed by atoms with Gasteiger partial charge in [0.25, 0.3) is 0 Å². The summed E-state index contributed by atoms with van der Waals surface area (Å²) in [6.45, 7) is 0.845. The number of anilines is 1. The molecule has 0 spiro atoms. The Bertz CT molecular complexity index is 327. The molecule has 0 saturated carbocycles. The lowest BCUT2D eigenvalue weighted by atomic mass is 10.4. The van der Waals surface area contributed by atoms with Gasteiger partial charge in [0, 0.05) is 6.54 Å².